The maximum absolute atomic E-state index is 9.87. The minimum Gasteiger partial charge on any atom is -0.393 e. The first-order valence-electron chi connectivity index (χ1n) is 5.88. The number of hydrogen-bond acceptors (Lipinski definition) is 4. The molecule has 0 spiro atoms. The van der Waals surface area contributed by atoms with E-state index in [1.165, 1.54) is 6.33 Å². The molecule has 2 atom stereocenters. The molecular formula is C11H19N3O2. The van der Waals surface area contributed by atoms with Crippen LogP contribution in [0.15, 0.2) is 6.33 Å². The Balaban J connectivity index is 1.71. The minimum atomic E-state index is -0.341. The van der Waals surface area contributed by atoms with Gasteiger partial charge in [0, 0.05) is 20.1 Å². The molecule has 0 amide bonds. The molecule has 1 fully saturated rings. The van der Waals surface area contributed by atoms with Gasteiger partial charge in [-0.1, -0.05) is 0 Å². The molecule has 0 aromatic carbocycles. The van der Waals surface area contributed by atoms with Crippen LogP contribution in [-0.4, -0.2) is 38.7 Å². The molecule has 0 radical (unpaired) electrons. The molecule has 1 aliphatic rings. The van der Waals surface area contributed by atoms with E-state index in [-0.39, 0.29) is 6.10 Å². The maximum atomic E-state index is 9.87. The highest BCUT2D eigenvalue weighted by molar-refractivity contribution is 4.86. The van der Waals surface area contributed by atoms with Gasteiger partial charge in [-0.3, -0.25) is 4.68 Å². The Morgan fingerprint density at radius 3 is 3.19 bits per heavy atom. The molecule has 5 nitrogen and oxygen atoms in total. The molecule has 5 heteroatoms. The standard InChI is InChI=1S/C11H19N3O2/c1-14-11(12-8-13-14)7-9(15)4-5-10-3-2-6-16-10/h8-10,15H,2-7H2,1H3. The average molecular weight is 225 g/mol. The molecule has 1 saturated heterocycles. The van der Waals surface area contributed by atoms with Crippen LogP contribution in [0.4, 0.5) is 0 Å². The zero-order chi connectivity index (χ0) is 11.4. The highest BCUT2D eigenvalue weighted by atomic mass is 16.5. The molecule has 1 aromatic rings. The molecule has 2 unspecified atom stereocenters. The van der Waals surface area contributed by atoms with Crippen LogP contribution < -0.4 is 0 Å². The average Bonchev–Trinajstić information content (AvgIpc) is 2.88. The summed E-state index contributed by atoms with van der Waals surface area (Å²) in [5.74, 6) is 0.833. The summed E-state index contributed by atoms with van der Waals surface area (Å²) in [5, 5.41) is 13.8. The molecule has 1 aromatic heterocycles. The summed E-state index contributed by atoms with van der Waals surface area (Å²) < 4.78 is 7.22. The van der Waals surface area contributed by atoms with Gasteiger partial charge in [-0.25, -0.2) is 4.98 Å². The molecule has 16 heavy (non-hydrogen) atoms. The molecule has 1 N–H and O–H groups in total. The lowest BCUT2D eigenvalue weighted by Gasteiger charge is -2.13. The third-order valence-corrected chi connectivity index (χ3v) is 3.07. The van der Waals surface area contributed by atoms with E-state index in [0.717, 1.165) is 38.1 Å². The fraction of sp³-hybridized carbons (Fsp3) is 0.818. The van der Waals surface area contributed by atoms with Gasteiger partial charge in [0.1, 0.15) is 12.2 Å². The zero-order valence-corrected chi connectivity index (χ0v) is 9.67. The van der Waals surface area contributed by atoms with Crippen molar-refractivity contribution in [3.8, 4) is 0 Å². The van der Waals surface area contributed by atoms with Crippen LogP contribution in [0.5, 0.6) is 0 Å². The number of aliphatic hydroxyl groups excluding tert-OH is 1. The molecule has 90 valence electrons. The first-order chi connectivity index (χ1) is 7.75. The van der Waals surface area contributed by atoms with E-state index >= 15 is 0 Å². The van der Waals surface area contributed by atoms with Crippen molar-refractivity contribution in [2.75, 3.05) is 6.61 Å². The molecule has 0 saturated carbocycles. The van der Waals surface area contributed by atoms with Crippen LogP contribution in [-0.2, 0) is 18.2 Å². The van der Waals surface area contributed by atoms with Crippen molar-refractivity contribution in [2.24, 2.45) is 7.05 Å². The summed E-state index contributed by atoms with van der Waals surface area (Å²) in [7, 11) is 1.84. The van der Waals surface area contributed by atoms with Crippen molar-refractivity contribution in [3.63, 3.8) is 0 Å². The van der Waals surface area contributed by atoms with Gasteiger partial charge in [-0.2, -0.15) is 5.10 Å². The van der Waals surface area contributed by atoms with Gasteiger partial charge in [0.15, 0.2) is 0 Å². The summed E-state index contributed by atoms with van der Waals surface area (Å²) in [6.07, 6.45) is 6.11. The maximum Gasteiger partial charge on any atom is 0.138 e. The summed E-state index contributed by atoms with van der Waals surface area (Å²) >= 11 is 0. The molecule has 2 rings (SSSR count). The van der Waals surface area contributed by atoms with Gasteiger partial charge in [0.25, 0.3) is 0 Å². The largest absolute Gasteiger partial charge is 0.393 e. The van der Waals surface area contributed by atoms with Crippen LogP contribution in [0.2, 0.25) is 0 Å². The second-order valence-electron chi connectivity index (χ2n) is 4.37. The van der Waals surface area contributed by atoms with Gasteiger partial charge in [-0.15, -0.1) is 0 Å². The van der Waals surface area contributed by atoms with Gasteiger partial charge in [0.2, 0.25) is 0 Å². The number of aliphatic hydroxyl groups is 1. The highest BCUT2D eigenvalue weighted by Gasteiger charge is 2.17. The van der Waals surface area contributed by atoms with Crippen molar-refractivity contribution in [1.29, 1.82) is 0 Å². The van der Waals surface area contributed by atoms with E-state index in [1.807, 2.05) is 7.05 Å². The predicted molar refractivity (Wildman–Crippen MR) is 58.9 cm³/mol. The van der Waals surface area contributed by atoms with E-state index in [0.29, 0.717) is 12.5 Å². The van der Waals surface area contributed by atoms with Crippen molar-refractivity contribution in [2.45, 2.75) is 44.3 Å². The van der Waals surface area contributed by atoms with Gasteiger partial charge < -0.3 is 9.84 Å². The Morgan fingerprint density at radius 1 is 1.69 bits per heavy atom. The number of aromatic nitrogens is 3. The quantitative estimate of drug-likeness (QED) is 0.800. The van der Waals surface area contributed by atoms with E-state index < -0.39 is 0 Å². The smallest absolute Gasteiger partial charge is 0.138 e. The third-order valence-electron chi connectivity index (χ3n) is 3.07. The number of aryl methyl sites for hydroxylation is 1. The molecule has 1 aliphatic heterocycles. The second kappa shape index (κ2) is 5.41. The second-order valence-corrected chi connectivity index (χ2v) is 4.37. The fourth-order valence-electron chi connectivity index (χ4n) is 2.07. The van der Waals surface area contributed by atoms with Crippen LogP contribution in [0, 0.1) is 0 Å². The number of hydrogen-bond donors (Lipinski definition) is 1. The molecule has 0 aliphatic carbocycles. The first-order valence-corrected chi connectivity index (χ1v) is 5.88. The normalized spacial score (nSPS) is 22.5. The van der Waals surface area contributed by atoms with Crippen LogP contribution >= 0.6 is 0 Å². The van der Waals surface area contributed by atoms with E-state index in [1.54, 1.807) is 4.68 Å². The number of nitrogens with zero attached hydrogens (tertiary/aromatic N) is 3. The molecule has 2 heterocycles. The number of ether oxygens (including phenoxy) is 1. The Hall–Kier alpha value is -0.940. The van der Waals surface area contributed by atoms with Crippen molar-refractivity contribution < 1.29 is 9.84 Å². The van der Waals surface area contributed by atoms with Crippen LogP contribution in [0.3, 0.4) is 0 Å². The predicted octanol–water partition coefficient (Wildman–Crippen LogP) is 0.678. The Morgan fingerprint density at radius 2 is 2.56 bits per heavy atom. The van der Waals surface area contributed by atoms with E-state index in [4.69, 9.17) is 4.74 Å². The lowest BCUT2D eigenvalue weighted by atomic mass is 10.1. The van der Waals surface area contributed by atoms with Crippen molar-refractivity contribution in [1.82, 2.24) is 14.8 Å². The topological polar surface area (TPSA) is 60.2 Å². The first kappa shape index (κ1) is 11.5. The van der Waals surface area contributed by atoms with E-state index in [2.05, 4.69) is 10.1 Å². The summed E-state index contributed by atoms with van der Waals surface area (Å²) in [6, 6.07) is 0. The van der Waals surface area contributed by atoms with Crippen molar-refractivity contribution >= 4 is 0 Å². The zero-order valence-electron chi connectivity index (χ0n) is 9.67. The van der Waals surface area contributed by atoms with Crippen LogP contribution in [0.25, 0.3) is 0 Å². The fourth-order valence-corrected chi connectivity index (χ4v) is 2.07. The Kier molecular flexibility index (Phi) is 3.90. The SMILES string of the molecule is Cn1ncnc1CC(O)CCC1CCCO1. The summed E-state index contributed by atoms with van der Waals surface area (Å²) in [4.78, 5) is 4.10. The Bertz CT molecular complexity index is 321. The Labute approximate surface area is 95.4 Å². The summed E-state index contributed by atoms with van der Waals surface area (Å²) in [6.45, 7) is 0.879. The lowest BCUT2D eigenvalue weighted by Crippen LogP contribution is -2.17. The lowest BCUT2D eigenvalue weighted by molar-refractivity contribution is 0.0806. The van der Waals surface area contributed by atoms with E-state index in [9.17, 15) is 5.11 Å². The highest BCUT2D eigenvalue weighted by Crippen LogP contribution is 2.18. The summed E-state index contributed by atoms with van der Waals surface area (Å²) in [5.41, 5.74) is 0. The monoisotopic (exact) mass is 225 g/mol. The molecular weight excluding hydrogens is 206 g/mol. The minimum absolute atomic E-state index is 0.341. The number of rotatable bonds is 5. The third kappa shape index (κ3) is 3.02. The van der Waals surface area contributed by atoms with Gasteiger partial charge in [-0.05, 0) is 25.7 Å². The van der Waals surface area contributed by atoms with Gasteiger partial charge >= 0.3 is 0 Å². The van der Waals surface area contributed by atoms with Gasteiger partial charge in [0.05, 0.1) is 12.2 Å². The van der Waals surface area contributed by atoms with Crippen LogP contribution in [0.1, 0.15) is 31.5 Å². The van der Waals surface area contributed by atoms with Crippen molar-refractivity contribution in [3.05, 3.63) is 12.2 Å². The molecule has 0 bridgehead atoms.